The molecule has 2 aromatic rings. The number of hydrogen-bond acceptors (Lipinski definition) is 6. The molecule has 9 heteroatoms. The van der Waals surface area contributed by atoms with Crippen LogP contribution < -0.4 is 23.8 Å². The third-order valence-corrected chi connectivity index (χ3v) is 6.09. The maximum atomic E-state index is 12.8. The Morgan fingerprint density at radius 2 is 1.76 bits per heavy atom. The van der Waals surface area contributed by atoms with E-state index in [1.54, 1.807) is 39.1 Å². The van der Waals surface area contributed by atoms with Gasteiger partial charge in [-0.15, -0.1) is 0 Å². The lowest BCUT2D eigenvalue weighted by atomic mass is 9.93. The molecule has 0 aliphatic carbocycles. The minimum absolute atomic E-state index is 0.0203. The summed E-state index contributed by atoms with van der Waals surface area (Å²) in [6.45, 7) is 3.84. The zero-order valence-corrected chi connectivity index (χ0v) is 17.8. The number of benzene rings is 2. The number of carbonyl (C=O) groups excluding carboxylic acids is 1. The topological polar surface area (TPSA) is 94.2 Å². The van der Waals surface area contributed by atoms with Gasteiger partial charge in [-0.05, 0) is 44.2 Å². The fraction of sp³-hybridized carbons (Fsp3) is 0.350. The number of nitrogens with zero attached hydrogens (tertiary/aromatic N) is 1. The van der Waals surface area contributed by atoms with Crippen molar-refractivity contribution in [2.45, 2.75) is 18.7 Å². The van der Waals surface area contributed by atoms with E-state index in [1.807, 2.05) is 0 Å². The molecular formula is C20H24N2O6S. The second-order valence-electron chi connectivity index (χ2n) is 7.34. The summed E-state index contributed by atoms with van der Waals surface area (Å²) in [7, 11) is 0.659. The molecule has 29 heavy (non-hydrogen) atoms. The average Bonchev–Trinajstić information content (AvgIpc) is 2.77. The highest BCUT2D eigenvalue weighted by atomic mass is 32.2. The van der Waals surface area contributed by atoms with Gasteiger partial charge in [0.15, 0.2) is 11.5 Å². The van der Waals surface area contributed by atoms with Gasteiger partial charge >= 0.3 is 0 Å². The van der Waals surface area contributed by atoms with Crippen LogP contribution in [0.1, 0.15) is 13.8 Å². The van der Waals surface area contributed by atoms with Crippen LogP contribution in [-0.4, -0.2) is 42.2 Å². The first kappa shape index (κ1) is 20.8. The van der Waals surface area contributed by atoms with Crippen LogP contribution in [0.5, 0.6) is 17.2 Å². The standard InChI is InChI=1S/C20H24N2O6S/c1-20(2)12-28-16-8-6-13(10-15(16)22(3)19(20)23)21-29(24,25)14-7-9-17(26-4)18(11-14)27-5/h6-11,21H,12H2,1-5H3. The van der Waals surface area contributed by atoms with Crippen LogP contribution in [-0.2, 0) is 14.8 Å². The van der Waals surface area contributed by atoms with Gasteiger partial charge in [0, 0.05) is 13.1 Å². The second kappa shape index (κ2) is 7.47. The lowest BCUT2D eigenvalue weighted by Gasteiger charge is -2.24. The highest BCUT2D eigenvalue weighted by Crippen LogP contribution is 2.38. The number of nitrogens with one attached hydrogen (secondary N) is 1. The molecule has 1 aliphatic heterocycles. The molecule has 0 aromatic heterocycles. The van der Waals surface area contributed by atoms with Crippen LogP contribution in [0.25, 0.3) is 0 Å². The van der Waals surface area contributed by atoms with Gasteiger partial charge < -0.3 is 19.1 Å². The Kier molecular flexibility index (Phi) is 5.36. The molecule has 156 valence electrons. The van der Waals surface area contributed by atoms with Crippen molar-refractivity contribution < 1.29 is 27.4 Å². The summed E-state index contributed by atoms with van der Waals surface area (Å²) in [5, 5.41) is 0. The molecule has 3 rings (SSSR count). The molecule has 0 unspecified atom stereocenters. The predicted octanol–water partition coefficient (Wildman–Crippen LogP) is 2.89. The monoisotopic (exact) mass is 420 g/mol. The summed E-state index contributed by atoms with van der Waals surface area (Å²) in [4.78, 5) is 14.2. The molecule has 8 nitrogen and oxygen atoms in total. The van der Waals surface area contributed by atoms with Crippen molar-refractivity contribution in [3.05, 3.63) is 36.4 Å². The number of carbonyl (C=O) groups is 1. The number of ether oxygens (including phenoxy) is 3. The Morgan fingerprint density at radius 1 is 1.07 bits per heavy atom. The largest absolute Gasteiger partial charge is 0.493 e. The number of methoxy groups -OCH3 is 2. The van der Waals surface area contributed by atoms with Gasteiger partial charge in [0.05, 0.1) is 35.9 Å². The van der Waals surface area contributed by atoms with Crippen molar-refractivity contribution >= 4 is 27.3 Å². The fourth-order valence-corrected chi connectivity index (χ4v) is 4.11. The third-order valence-electron chi connectivity index (χ3n) is 4.71. The first-order chi connectivity index (χ1) is 13.6. The minimum Gasteiger partial charge on any atom is -0.493 e. The van der Waals surface area contributed by atoms with Gasteiger partial charge in [0.1, 0.15) is 12.4 Å². The van der Waals surface area contributed by atoms with E-state index < -0.39 is 15.4 Å². The maximum Gasteiger partial charge on any atom is 0.262 e. The molecule has 1 amide bonds. The van der Waals surface area contributed by atoms with Gasteiger partial charge in [-0.25, -0.2) is 8.42 Å². The minimum atomic E-state index is -3.89. The summed E-state index contributed by atoms with van der Waals surface area (Å²) in [6.07, 6.45) is 0. The van der Waals surface area contributed by atoms with Crippen LogP contribution in [0.4, 0.5) is 11.4 Å². The van der Waals surface area contributed by atoms with Gasteiger partial charge in [-0.2, -0.15) is 0 Å². The normalized spacial score (nSPS) is 15.8. The van der Waals surface area contributed by atoms with E-state index in [1.165, 1.54) is 37.3 Å². The van der Waals surface area contributed by atoms with Crippen molar-refractivity contribution in [3.8, 4) is 17.2 Å². The van der Waals surface area contributed by atoms with Crippen molar-refractivity contribution in [1.29, 1.82) is 0 Å². The zero-order valence-electron chi connectivity index (χ0n) is 17.0. The van der Waals surface area contributed by atoms with Gasteiger partial charge in [-0.1, -0.05) is 0 Å². The average molecular weight is 420 g/mol. The van der Waals surface area contributed by atoms with Gasteiger partial charge in [0.25, 0.3) is 10.0 Å². The van der Waals surface area contributed by atoms with E-state index in [0.29, 0.717) is 28.6 Å². The molecule has 0 saturated heterocycles. The number of rotatable bonds is 5. The summed E-state index contributed by atoms with van der Waals surface area (Å²) < 4.78 is 44.3. The first-order valence-corrected chi connectivity index (χ1v) is 10.4. The van der Waals surface area contributed by atoms with Crippen molar-refractivity contribution in [2.75, 3.05) is 37.5 Å². The molecule has 0 spiro atoms. The molecule has 0 atom stereocenters. The van der Waals surface area contributed by atoms with Crippen molar-refractivity contribution in [1.82, 2.24) is 0 Å². The SMILES string of the molecule is COc1ccc(S(=O)(=O)Nc2ccc3c(c2)N(C)C(=O)C(C)(C)CO3)cc1OC. The molecule has 0 radical (unpaired) electrons. The summed E-state index contributed by atoms with van der Waals surface area (Å²) in [6, 6.07) is 9.14. The van der Waals surface area contributed by atoms with Crippen LogP contribution >= 0.6 is 0 Å². The van der Waals surface area contributed by atoms with Crippen LogP contribution in [0, 0.1) is 5.41 Å². The van der Waals surface area contributed by atoms with E-state index in [-0.39, 0.29) is 17.4 Å². The molecule has 1 heterocycles. The molecule has 1 N–H and O–H groups in total. The summed E-state index contributed by atoms with van der Waals surface area (Å²) >= 11 is 0. The predicted molar refractivity (Wildman–Crippen MR) is 109 cm³/mol. The number of hydrogen-bond donors (Lipinski definition) is 1. The molecule has 1 aliphatic rings. The van der Waals surface area contributed by atoms with E-state index in [2.05, 4.69) is 4.72 Å². The molecule has 0 saturated carbocycles. The summed E-state index contributed by atoms with van der Waals surface area (Å²) in [5.41, 5.74) is 0.113. The highest BCUT2D eigenvalue weighted by Gasteiger charge is 2.36. The Bertz CT molecular complexity index is 1050. The third kappa shape index (κ3) is 3.95. The first-order valence-electron chi connectivity index (χ1n) is 8.89. The quantitative estimate of drug-likeness (QED) is 0.799. The Hall–Kier alpha value is -2.94. The number of anilines is 2. The zero-order chi connectivity index (χ0) is 21.4. The summed E-state index contributed by atoms with van der Waals surface area (Å²) in [5.74, 6) is 1.13. The van der Waals surface area contributed by atoms with E-state index in [4.69, 9.17) is 14.2 Å². The lowest BCUT2D eigenvalue weighted by Crippen LogP contribution is -2.39. The van der Waals surface area contributed by atoms with Crippen molar-refractivity contribution in [2.24, 2.45) is 5.41 Å². The van der Waals surface area contributed by atoms with E-state index >= 15 is 0 Å². The molecular weight excluding hydrogens is 396 g/mol. The van der Waals surface area contributed by atoms with Gasteiger partial charge in [0.2, 0.25) is 5.91 Å². The number of sulfonamides is 1. The second-order valence-corrected chi connectivity index (χ2v) is 9.02. The highest BCUT2D eigenvalue weighted by molar-refractivity contribution is 7.92. The number of amides is 1. The Balaban J connectivity index is 1.94. The number of fused-ring (bicyclic) bond motifs is 1. The Morgan fingerprint density at radius 3 is 2.41 bits per heavy atom. The van der Waals surface area contributed by atoms with Crippen molar-refractivity contribution in [3.63, 3.8) is 0 Å². The van der Waals surface area contributed by atoms with E-state index in [9.17, 15) is 13.2 Å². The molecule has 0 bridgehead atoms. The molecule has 2 aromatic carbocycles. The maximum absolute atomic E-state index is 12.8. The smallest absolute Gasteiger partial charge is 0.262 e. The van der Waals surface area contributed by atoms with Crippen LogP contribution in [0.2, 0.25) is 0 Å². The lowest BCUT2D eigenvalue weighted by molar-refractivity contribution is -0.127. The fourth-order valence-electron chi connectivity index (χ4n) is 3.05. The Labute approximate surface area is 170 Å². The van der Waals surface area contributed by atoms with Crippen LogP contribution in [0.3, 0.4) is 0 Å². The van der Waals surface area contributed by atoms with Gasteiger partial charge in [-0.3, -0.25) is 9.52 Å². The van der Waals surface area contributed by atoms with E-state index in [0.717, 1.165) is 0 Å². The van der Waals surface area contributed by atoms with Crippen LogP contribution in [0.15, 0.2) is 41.3 Å². The molecule has 0 fully saturated rings.